The molecule has 0 aliphatic carbocycles. The van der Waals surface area contributed by atoms with E-state index in [0.717, 1.165) is 27.7 Å². The minimum Gasteiger partial charge on any atom is -0.467 e. The number of carbonyl (C=O) groups is 2. The molecule has 3 heterocycles. The highest BCUT2D eigenvalue weighted by Crippen LogP contribution is 2.27. The number of amides is 1. The van der Waals surface area contributed by atoms with Gasteiger partial charge in [-0.05, 0) is 43.7 Å². The molecule has 8 heteroatoms. The van der Waals surface area contributed by atoms with Crippen molar-refractivity contribution in [3.8, 4) is 6.07 Å². The molecular formula is C26H22N4O4. The molecular weight excluding hydrogens is 432 g/mol. The number of nitrogens with zero attached hydrogens (tertiary/aromatic N) is 3. The minimum atomic E-state index is -0.665. The zero-order valence-electron chi connectivity index (χ0n) is 18.7. The van der Waals surface area contributed by atoms with Crippen molar-refractivity contribution in [2.24, 2.45) is 0 Å². The average molecular weight is 454 g/mol. The van der Waals surface area contributed by atoms with E-state index >= 15 is 0 Å². The molecule has 0 saturated heterocycles. The predicted octanol–water partition coefficient (Wildman–Crippen LogP) is 4.36. The largest absolute Gasteiger partial charge is 0.467 e. The maximum absolute atomic E-state index is 12.5. The Labute approximate surface area is 196 Å². The van der Waals surface area contributed by atoms with Gasteiger partial charge >= 0.3 is 5.97 Å². The van der Waals surface area contributed by atoms with Crippen molar-refractivity contribution in [2.45, 2.75) is 20.4 Å². The smallest absolute Gasteiger partial charge is 0.331 e. The van der Waals surface area contributed by atoms with Crippen LogP contribution < -0.4 is 5.32 Å². The normalized spacial score (nSPS) is 11.0. The minimum absolute atomic E-state index is 0.340. The van der Waals surface area contributed by atoms with Crippen LogP contribution >= 0.6 is 0 Å². The molecule has 0 atom stereocenters. The van der Waals surface area contributed by atoms with Gasteiger partial charge in [-0.2, -0.15) is 5.26 Å². The standard InChI is InChI=1S/C26H22N4O4/c1-17-18(2)30(15-21-9-5-13-33-21)26(22(17)14-27)29-23(31)16-34-24(32)11-10-20-7-3-6-19-8-4-12-28-25(19)20/h3-13H,15-16H2,1-2H3,(H,29,31)/b11-10+. The first-order valence-corrected chi connectivity index (χ1v) is 10.6. The highest BCUT2D eigenvalue weighted by molar-refractivity contribution is 5.96. The Morgan fingerprint density at radius 1 is 1.21 bits per heavy atom. The van der Waals surface area contributed by atoms with Crippen LogP contribution in [0.4, 0.5) is 5.82 Å². The van der Waals surface area contributed by atoms with Gasteiger partial charge in [-0.1, -0.05) is 24.3 Å². The lowest BCUT2D eigenvalue weighted by atomic mass is 10.1. The van der Waals surface area contributed by atoms with Crippen molar-refractivity contribution >= 4 is 34.7 Å². The van der Waals surface area contributed by atoms with Crippen LogP contribution in [0.15, 0.2) is 65.4 Å². The van der Waals surface area contributed by atoms with Crippen LogP contribution in [0, 0.1) is 25.2 Å². The van der Waals surface area contributed by atoms with E-state index in [0.29, 0.717) is 23.7 Å². The Hall–Kier alpha value is -4.64. The van der Waals surface area contributed by atoms with E-state index < -0.39 is 18.5 Å². The zero-order valence-corrected chi connectivity index (χ0v) is 18.7. The van der Waals surface area contributed by atoms with Crippen molar-refractivity contribution in [1.82, 2.24) is 9.55 Å². The quantitative estimate of drug-likeness (QED) is 0.328. The number of carbonyl (C=O) groups excluding carboxylic acids is 2. The summed E-state index contributed by atoms with van der Waals surface area (Å²) in [6, 6.07) is 15.1. The Balaban J connectivity index is 1.43. The van der Waals surface area contributed by atoms with Crippen molar-refractivity contribution in [2.75, 3.05) is 11.9 Å². The van der Waals surface area contributed by atoms with Gasteiger partial charge in [0.1, 0.15) is 17.6 Å². The van der Waals surface area contributed by atoms with Crippen molar-refractivity contribution in [3.05, 3.63) is 89.1 Å². The van der Waals surface area contributed by atoms with Gasteiger partial charge < -0.3 is 19.0 Å². The van der Waals surface area contributed by atoms with Crippen LogP contribution in [0.2, 0.25) is 0 Å². The summed E-state index contributed by atoms with van der Waals surface area (Å²) in [5.41, 5.74) is 3.46. The number of esters is 1. The number of hydrogen-bond acceptors (Lipinski definition) is 6. The van der Waals surface area contributed by atoms with Crippen molar-refractivity contribution in [3.63, 3.8) is 0 Å². The molecule has 0 aliphatic heterocycles. The fourth-order valence-corrected chi connectivity index (χ4v) is 3.66. The van der Waals surface area contributed by atoms with Gasteiger partial charge in [-0.15, -0.1) is 0 Å². The highest BCUT2D eigenvalue weighted by Gasteiger charge is 2.20. The van der Waals surface area contributed by atoms with E-state index in [2.05, 4.69) is 16.4 Å². The van der Waals surface area contributed by atoms with Gasteiger partial charge in [0.25, 0.3) is 5.91 Å². The lowest BCUT2D eigenvalue weighted by Gasteiger charge is -2.12. The molecule has 4 aromatic rings. The predicted molar refractivity (Wildman–Crippen MR) is 127 cm³/mol. The topological polar surface area (TPSA) is 110 Å². The van der Waals surface area contributed by atoms with Gasteiger partial charge in [0.2, 0.25) is 0 Å². The van der Waals surface area contributed by atoms with E-state index in [1.165, 1.54) is 6.08 Å². The molecule has 0 saturated carbocycles. The molecule has 0 radical (unpaired) electrons. The maximum atomic E-state index is 12.5. The first kappa shape index (κ1) is 22.6. The first-order chi connectivity index (χ1) is 16.5. The van der Waals surface area contributed by atoms with Crippen LogP contribution in [0.3, 0.4) is 0 Å². The van der Waals surface area contributed by atoms with Crippen LogP contribution in [-0.4, -0.2) is 28.0 Å². The van der Waals surface area contributed by atoms with Crippen molar-refractivity contribution in [1.29, 1.82) is 5.26 Å². The van der Waals surface area contributed by atoms with Gasteiger partial charge in [0, 0.05) is 28.9 Å². The lowest BCUT2D eigenvalue weighted by molar-refractivity contribution is -0.142. The number of rotatable bonds is 7. The summed E-state index contributed by atoms with van der Waals surface area (Å²) in [5, 5.41) is 13.3. The first-order valence-electron chi connectivity index (χ1n) is 10.6. The number of anilines is 1. The number of pyridine rings is 1. The van der Waals surface area contributed by atoms with Gasteiger partial charge in [0.05, 0.1) is 23.9 Å². The molecule has 0 fully saturated rings. The molecule has 34 heavy (non-hydrogen) atoms. The highest BCUT2D eigenvalue weighted by atomic mass is 16.5. The lowest BCUT2D eigenvalue weighted by Crippen LogP contribution is -2.22. The average Bonchev–Trinajstić information content (AvgIpc) is 3.44. The number of nitriles is 1. The molecule has 0 aliphatic rings. The van der Waals surface area contributed by atoms with E-state index in [1.54, 1.807) is 29.2 Å². The number of para-hydroxylation sites is 1. The third kappa shape index (κ3) is 4.74. The summed E-state index contributed by atoms with van der Waals surface area (Å²) in [6.07, 6.45) is 6.10. The summed E-state index contributed by atoms with van der Waals surface area (Å²) in [4.78, 5) is 29.1. The SMILES string of the molecule is Cc1c(C#N)c(NC(=O)COC(=O)/C=C/c2cccc3cccnc23)n(Cc2ccco2)c1C. The van der Waals surface area contributed by atoms with Crippen molar-refractivity contribution < 1.29 is 18.7 Å². The summed E-state index contributed by atoms with van der Waals surface area (Å²) in [6.45, 7) is 3.53. The van der Waals surface area contributed by atoms with Crippen LogP contribution in [0.1, 0.15) is 28.1 Å². The monoisotopic (exact) mass is 454 g/mol. The van der Waals surface area contributed by atoms with Crippen LogP contribution in [0.5, 0.6) is 0 Å². The number of furan rings is 1. The molecule has 0 spiro atoms. The van der Waals surface area contributed by atoms with E-state index in [1.807, 2.05) is 50.2 Å². The van der Waals surface area contributed by atoms with Gasteiger partial charge in [-0.3, -0.25) is 9.78 Å². The number of fused-ring (bicyclic) bond motifs is 1. The molecule has 1 N–H and O–H groups in total. The Kier molecular flexibility index (Phi) is 6.55. The number of nitrogens with one attached hydrogen (secondary N) is 1. The van der Waals surface area contributed by atoms with E-state index in [9.17, 15) is 14.9 Å². The summed E-state index contributed by atoms with van der Waals surface area (Å²) in [7, 11) is 0. The van der Waals surface area contributed by atoms with Crippen LogP contribution in [-0.2, 0) is 20.9 Å². The summed E-state index contributed by atoms with van der Waals surface area (Å²) < 4.78 is 12.3. The fourth-order valence-electron chi connectivity index (χ4n) is 3.66. The Morgan fingerprint density at radius 3 is 2.79 bits per heavy atom. The van der Waals surface area contributed by atoms with E-state index in [4.69, 9.17) is 9.15 Å². The van der Waals surface area contributed by atoms with Gasteiger partial charge in [-0.25, -0.2) is 4.79 Å². The summed E-state index contributed by atoms with van der Waals surface area (Å²) >= 11 is 0. The maximum Gasteiger partial charge on any atom is 0.331 e. The molecule has 1 aromatic carbocycles. The molecule has 0 unspecified atom stereocenters. The zero-order chi connectivity index (χ0) is 24.1. The second-order valence-electron chi connectivity index (χ2n) is 7.62. The second kappa shape index (κ2) is 9.88. The number of benzene rings is 1. The van der Waals surface area contributed by atoms with Crippen LogP contribution in [0.25, 0.3) is 17.0 Å². The van der Waals surface area contributed by atoms with E-state index in [-0.39, 0.29) is 0 Å². The molecule has 3 aromatic heterocycles. The Morgan fingerprint density at radius 2 is 2.03 bits per heavy atom. The molecule has 170 valence electrons. The molecule has 0 bridgehead atoms. The number of ether oxygens (including phenoxy) is 1. The second-order valence-corrected chi connectivity index (χ2v) is 7.62. The number of aromatic nitrogens is 2. The molecule has 1 amide bonds. The third-order valence-corrected chi connectivity index (χ3v) is 5.50. The summed E-state index contributed by atoms with van der Waals surface area (Å²) in [5.74, 6) is -0.199. The van der Waals surface area contributed by atoms with Gasteiger partial charge in [0.15, 0.2) is 6.61 Å². The third-order valence-electron chi connectivity index (χ3n) is 5.50. The molecule has 4 rings (SSSR count). The molecule has 8 nitrogen and oxygen atoms in total. The fraction of sp³-hybridized carbons (Fsp3) is 0.154. The number of hydrogen-bond donors (Lipinski definition) is 1. The Bertz CT molecular complexity index is 1420.